The predicted molar refractivity (Wildman–Crippen MR) is 83.0 cm³/mol. The summed E-state index contributed by atoms with van der Waals surface area (Å²) in [5, 5.41) is 1.43. The van der Waals surface area contributed by atoms with Crippen molar-refractivity contribution >= 4 is 43.5 Å². The van der Waals surface area contributed by atoms with E-state index in [-0.39, 0.29) is 0 Å². The van der Waals surface area contributed by atoms with Crippen molar-refractivity contribution in [1.82, 2.24) is 0 Å². The molecular weight excluding hydrogens is 379 g/mol. The van der Waals surface area contributed by atoms with Gasteiger partial charge in [-0.3, -0.25) is 0 Å². The van der Waals surface area contributed by atoms with Gasteiger partial charge in [0.1, 0.15) is 11.5 Å². The van der Waals surface area contributed by atoms with Gasteiger partial charge < -0.3 is 4.74 Å². The van der Waals surface area contributed by atoms with Crippen LogP contribution in [0.3, 0.4) is 0 Å². The van der Waals surface area contributed by atoms with Gasteiger partial charge in [-0.15, -0.1) is 0 Å². The summed E-state index contributed by atoms with van der Waals surface area (Å²) < 4.78 is 6.71. The maximum Gasteiger partial charge on any atom is 0.146 e. The highest BCUT2D eigenvalue weighted by molar-refractivity contribution is 9.10. The van der Waals surface area contributed by atoms with Crippen LogP contribution in [0.25, 0.3) is 0 Å². The molecule has 0 aliphatic rings. The number of hydrogen-bond acceptors (Lipinski definition) is 1. The van der Waals surface area contributed by atoms with E-state index in [0.29, 0.717) is 10.8 Å². The molecule has 0 heterocycles. The minimum atomic E-state index is 0.589. The Bertz CT molecular complexity index is 570. The summed E-state index contributed by atoms with van der Waals surface area (Å²) in [7, 11) is 0. The quantitative estimate of drug-likeness (QED) is 0.576. The van der Waals surface area contributed by atoms with E-state index < -0.39 is 0 Å². The molecule has 0 N–H and O–H groups in total. The van der Waals surface area contributed by atoms with E-state index in [1.54, 1.807) is 0 Å². The number of halogens is 3. The van der Waals surface area contributed by atoms with E-state index in [4.69, 9.17) is 16.3 Å². The molecule has 0 saturated heterocycles. The van der Waals surface area contributed by atoms with Crippen molar-refractivity contribution in [1.29, 1.82) is 0 Å². The van der Waals surface area contributed by atoms with Crippen LogP contribution in [-0.4, -0.2) is 0 Å². The number of ether oxygens (including phenoxy) is 1. The van der Waals surface area contributed by atoms with E-state index in [0.717, 1.165) is 15.6 Å². The Hall–Kier alpha value is -0.510. The molecule has 4 heteroatoms. The van der Waals surface area contributed by atoms with Crippen LogP contribution in [0.2, 0.25) is 5.02 Å². The summed E-state index contributed by atoms with van der Waals surface area (Å²) in [5.74, 6) is 1.45. The molecule has 2 aromatic rings. The van der Waals surface area contributed by atoms with Gasteiger partial charge in [0.15, 0.2) is 0 Å². The first-order valence-electron chi connectivity index (χ1n) is 5.38. The SMILES string of the molecule is Cc1cc(Oc2ccc(Br)cc2Cl)ccc1CBr. The third kappa shape index (κ3) is 3.28. The number of aryl methyl sites for hydroxylation is 1. The Kier molecular flexibility index (Phi) is 4.71. The molecule has 0 fully saturated rings. The zero-order valence-corrected chi connectivity index (χ0v) is 13.6. The van der Waals surface area contributed by atoms with Gasteiger partial charge >= 0.3 is 0 Å². The van der Waals surface area contributed by atoms with Gasteiger partial charge in [-0.25, -0.2) is 0 Å². The topological polar surface area (TPSA) is 9.23 Å². The third-order valence-corrected chi connectivity index (χ3v) is 3.97. The lowest BCUT2D eigenvalue weighted by molar-refractivity contribution is 0.482. The van der Waals surface area contributed by atoms with Gasteiger partial charge in [-0.2, -0.15) is 0 Å². The lowest BCUT2D eigenvalue weighted by Crippen LogP contribution is -1.89. The van der Waals surface area contributed by atoms with Crippen LogP contribution < -0.4 is 4.74 Å². The predicted octanol–water partition coefficient (Wildman–Crippen LogP) is 6.10. The van der Waals surface area contributed by atoms with Crippen molar-refractivity contribution in [3.63, 3.8) is 0 Å². The Balaban J connectivity index is 2.26. The summed E-state index contributed by atoms with van der Waals surface area (Å²) in [6.45, 7) is 2.06. The highest BCUT2D eigenvalue weighted by Gasteiger charge is 2.05. The second-order valence-electron chi connectivity index (χ2n) is 3.90. The smallest absolute Gasteiger partial charge is 0.146 e. The highest BCUT2D eigenvalue weighted by atomic mass is 79.9. The van der Waals surface area contributed by atoms with Gasteiger partial charge in [0.05, 0.1) is 5.02 Å². The second kappa shape index (κ2) is 6.09. The van der Waals surface area contributed by atoms with Crippen LogP contribution in [0.5, 0.6) is 11.5 Å². The molecule has 2 aromatic carbocycles. The molecule has 0 aliphatic carbocycles. The van der Waals surface area contributed by atoms with E-state index in [9.17, 15) is 0 Å². The Labute approximate surface area is 128 Å². The zero-order valence-electron chi connectivity index (χ0n) is 9.71. The molecule has 0 saturated carbocycles. The van der Waals surface area contributed by atoms with E-state index in [2.05, 4.69) is 38.8 Å². The maximum atomic E-state index is 6.12. The summed E-state index contributed by atoms with van der Waals surface area (Å²) in [6, 6.07) is 11.6. The first kappa shape index (κ1) is 13.9. The van der Waals surface area contributed by atoms with Crippen LogP contribution in [0.4, 0.5) is 0 Å². The third-order valence-electron chi connectivity index (χ3n) is 2.58. The largest absolute Gasteiger partial charge is 0.456 e. The van der Waals surface area contributed by atoms with Gasteiger partial charge in [-0.05, 0) is 48.4 Å². The minimum absolute atomic E-state index is 0.589. The van der Waals surface area contributed by atoms with Crippen LogP contribution in [0.15, 0.2) is 40.9 Å². The number of benzene rings is 2. The van der Waals surface area contributed by atoms with Crippen molar-refractivity contribution in [3.8, 4) is 11.5 Å². The molecule has 0 unspecified atom stereocenters. The summed E-state index contributed by atoms with van der Waals surface area (Å²) >= 11 is 12.9. The number of hydrogen-bond donors (Lipinski definition) is 0. The molecular formula is C14H11Br2ClO. The molecule has 18 heavy (non-hydrogen) atoms. The lowest BCUT2D eigenvalue weighted by atomic mass is 10.1. The minimum Gasteiger partial charge on any atom is -0.456 e. The molecule has 0 atom stereocenters. The molecule has 0 amide bonds. The standard InChI is InChI=1S/C14H11Br2ClO/c1-9-6-12(4-2-10(9)8-15)18-14-5-3-11(16)7-13(14)17/h2-7H,8H2,1H3. The molecule has 0 spiro atoms. The normalized spacial score (nSPS) is 10.4. The van der Waals surface area contributed by atoms with Crippen LogP contribution in [0, 0.1) is 6.92 Å². The molecule has 0 aromatic heterocycles. The molecule has 0 bridgehead atoms. The molecule has 1 nitrogen and oxygen atoms in total. The van der Waals surface area contributed by atoms with Crippen molar-refractivity contribution in [2.75, 3.05) is 0 Å². The fourth-order valence-corrected chi connectivity index (χ4v) is 2.91. The summed E-state index contributed by atoms with van der Waals surface area (Å²) in [4.78, 5) is 0. The van der Waals surface area contributed by atoms with Crippen molar-refractivity contribution in [3.05, 3.63) is 57.0 Å². The van der Waals surface area contributed by atoms with Gasteiger partial charge in [0.25, 0.3) is 0 Å². The number of alkyl halides is 1. The van der Waals surface area contributed by atoms with Gasteiger partial charge in [0, 0.05) is 9.80 Å². The van der Waals surface area contributed by atoms with E-state index in [1.165, 1.54) is 11.1 Å². The first-order valence-corrected chi connectivity index (χ1v) is 7.68. The Morgan fingerprint density at radius 3 is 2.56 bits per heavy atom. The fourth-order valence-electron chi connectivity index (χ4n) is 1.57. The van der Waals surface area contributed by atoms with Crippen molar-refractivity contribution < 1.29 is 4.74 Å². The van der Waals surface area contributed by atoms with Crippen molar-refractivity contribution in [2.45, 2.75) is 12.3 Å². The van der Waals surface area contributed by atoms with E-state index in [1.807, 2.05) is 36.4 Å². The lowest BCUT2D eigenvalue weighted by Gasteiger charge is -2.10. The van der Waals surface area contributed by atoms with E-state index >= 15 is 0 Å². The highest BCUT2D eigenvalue weighted by Crippen LogP contribution is 2.32. The monoisotopic (exact) mass is 388 g/mol. The molecule has 0 aliphatic heterocycles. The molecule has 94 valence electrons. The Morgan fingerprint density at radius 1 is 1.17 bits per heavy atom. The maximum absolute atomic E-state index is 6.12. The van der Waals surface area contributed by atoms with Crippen LogP contribution in [-0.2, 0) is 5.33 Å². The van der Waals surface area contributed by atoms with Gasteiger partial charge in [0.2, 0.25) is 0 Å². The molecule has 2 rings (SSSR count). The van der Waals surface area contributed by atoms with Gasteiger partial charge in [-0.1, -0.05) is 49.5 Å². The van der Waals surface area contributed by atoms with Crippen LogP contribution >= 0.6 is 43.5 Å². The average Bonchev–Trinajstić information content (AvgIpc) is 2.33. The first-order chi connectivity index (χ1) is 8.60. The molecule has 0 radical (unpaired) electrons. The van der Waals surface area contributed by atoms with Crippen molar-refractivity contribution in [2.24, 2.45) is 0 Å². The van der Waals surface area contributed by atoms with Crippen LogP contribution in [0.1, 0.15) is 11.1 Å². The Morgan fingerprint density at radius 2 is 1.94 bits per heavy atom. The number of rotatable bonds is 3. The fraction of sp³-hybridized carbons (Fsp3) is 0.143. The average molecular weight is 391 g/mol. The zero-order chi connectivity index (χ0) is 13.1. The summed E-state index contributed by atoms with van der Waals surface area (Å²) in [5.41, 5.74) is 2.45. The second-order valence-corrected chi connectivity index (χ2v) is 5.78. The summed E-state index contributed by atoms with van der Waals surface area (Å²) in [6.07, 6.45) is 0.